The highest BCUT2D eigenvalue weighted by molar-refractivity contribution is 7.81. The zero-order valence-corrected chi connectivity index (χ0v) is 15.1. The maximum Gasteiger partial charge on any atom is 0.339 e. The van der Waals surface area contributed by atoms with E-state index in [1.807, 2.05) is 0 Å². The van der Waals surface area contributed by atoms with Crippen LogP contribution in [0.4, 0.5) is 11.4 Å². The van der Waals surface area contributed by atoms with E-state index in [0.717, 1.165) is 22.0 Å². The Hall–Kier alpha value is -3.67. The van der Waals surface area contributed by atoms with Crippen molar-refractivity contribution in [1.29, 1.82) is 5.26 Å². The number of benzene rings is 3. The average molecular weight is 393 g/mol. The molecule has 8 heteroatoms. The summed E-state index contributed by atoms with van der Waals surface area (Å²) in [5.41, 5.74) is 1.94. The normalized spacial score (nSPS) is 11.4. The van der Waals surface area contributed by atoms with Crippen molar-refractivity contribution in [2.24, 2.45) is 0 Å². The van der Waals surface area contributed by atoms with E-state index in [0.29, 0.717) is 11.1 Å². The van der Waals surface area contributed by atoms with Gasteiger partial charge in [-0.2, -0.15) is 5.26 Å². The molecule has 0 aliphatic carbocycles. The molecule has 0 aromatic heterocycles. The quantitative estimate of drug-likeness (QED) is 0.639. The molecule has 7 nitrogen and oxygen atoms in total. The molecule has 0 aliphatic rings. The second-order valence-electron chi connectivity index (χ2n) is 5.76. The fraction of sp³-hybridized carbons (Fsp3) is 0. The first-order valence-electron chi connectivity index (χ1n) is 7.97. The maximum absolute atomic E-state index is 11.9. The van der Waals surface area contributed by atoms with Gasteiger partial charge >= 0.3 is 5.97 Å². The van der Waals surface area contributed by atoms with Gasteiger partial charge < -0.3 is 14.8 Å². The maximum atomic E-state index is 11.9. The molecule has 2 N–H and O–H groups in total. The monoisotopic (exact) mass is 393 g/mol. The number of hydrogen-bond acceptors (Lipinski definition) is 5. The molecule has 1 unspecified atom stereocenters. The summed E-state index contributed by atoms with van der Waals surface area (Å²) >= 11 is -2.73. The first kappa shape index (κ1) is 19.1. The Morgan fingerprint density at radius 2 is 1.64 bits per heavy atom. The summed E-state index contributed by atoms with van der Waals surface area (Å²) in [6.07, 6.45) is 0. The number of phenols is 1. The number of carboxylic acid groups (broad SMARTS) is 1. The SMILES string of the molecule is N#Cc1cccc(-c2cccc(N(c3ccc(C(=O)O)c(O)c3)S(=O)[O-])c2)c1. The van der Waals surface area contributed by atoms with Crippen LogP contribution in [-0.4, -0.2) is 24.9 Å². The van der Waals surface area contributed by atoms with Crippen LogP contribution < -0.4 is 4.31 Å². The van der Waals surface area contributed by atoms with Gasteiger partial charge in [-0.3, -0.25) is 8.51 Å². The lowest BCUT2D eigenvalue weighted by molar-refractivity contribution is 0.0694. The predicted octanol–water partition coefficient (Wildman–Crippen LogP) is 3.56. The molecule has 0 bridgehead atoms. The molecule has 0 radical (unpaired) electrons. The molecular formula is C20H13N2O5S-. The number of nitriles is 1. The van der Waals surface area contributed by atoms with E-state index >= 15 is 0 Å². The molecule has 0 spiro atoms. The lowest BCUT2D eigenvalue weighted by atomic mass is 10.0. The highest BCUT2D eigenvalue weighted by Gasteiger charge is 2.16. The summed E-state index contributed by atoms with van der Waals surface area (Å²) < 4.78 is 24.7. The van der Waals surface area contributed by atoms with Crippen LogP contribution in [0.15, 0.2) is 66.7 Å². The summed E-state index contributed by atoms with van der Waals surface area (Å²) in [5, 5.41) is 28.0. The Bertz CT molecular complexity index is 1120. The van der Waals surface area contributed by atoms with Crippen molar-refractivity contribution in [3.63, 3.8) is 0 Å². The van der Waals surface area contributed by atoms with E-state index in [1.54, 1.807) is 48.5 Å². The third-order valence-corrected chi connectivity index (χ3v) is 4.72. The molecule has 3 aromatic rings. The Labute approximate surface area is 163 Å². The summed E-state index contributed by atoms with van der Waals surface area (Å²) in [7, 11) is 0. The smallest absolute Gasteiger partial charge is 0.339 e. The van der Waals surface area contributed by atoms with Crippen LogP contribution in [0.3, 0.4) is 0 Å². The number of aromatic carboxylic acids is 1. The van der Waals surface area contributed by atoms with Crippen molar-refractivity contribution in [2.75, 3.05) is 4.31 Å². The van der Waals surface area contributed by atoms with Gasteiger partial charge in [-0.15, -0.1) is 0 Å². The number of anilines is 2. The van der Waals surface area contributed by atoms with E-state index in [-0.39, 0.29) is 16.9 Å². The number of carbonyl (C=O) groups is 1. The molecular weight excluding hydrogens is 380 g/mol. The van der Waals surface area contributed by atoms with E-state index in [1.165, 1.54) is 6.07 Å². The first-order valence-corrected chi connectivity index (χ1v) is 9.00. The van der Waals surface area contributed by atoms with E-state index in [4.69, 9.17) is 10.4 Å². The van der Waals surface area contributed by atoms with Crippen LogP contribution in [0.5, 0.6) is 5.75 Å². The molecule has 0 saturated heterocycles. The first-order chi connectivity index (χ1) is 13.4. The van der Waals surface area contributed by atoms with Crippen molar-refractivity contribution in [3.8, 4) is 22.9 Å². The van der Waals surface area contributed by atoms with E-state index in [9.17, 15) is 18.7 Å². The minimum Gasteiger partial charge on any atom is -0.755 e. The van der Waals surface area contributed by atoms with Gasteiger partial charge in [0.15, 0.2) is 0 Å². The summed E-state index contributed by atoms with van der Waals surface area (Å²) in [6, 6.07) is 19.1. The van der Waals surface area contributed by atoms with Crippen molar-refractivity contribution >= 4 is 28.6 Å². The average Bonchev–Trinajstić information content (AvgIpc) is 2.68. The second-order valence-corrected chi connectivity index (χ2v) is 6.56. The molecule has 0 amide bonds. The van der Waals surface area contributed by atoms with Crippen LogP contribution >= 0.6 is 0 Å². The van der Waals surface area contributed by atoms with Crippen molar-refractivity contribution < 1.29 is 23.8 Å². The molecule has 3 aromatic carbocycles. The Kier molecular flexibility index (Phi) is 5.40. The summed E-state index contributed by atoms with van der Waals surface area (Å²) in [6.45, 7) is 0. The van der Waals surface area contributed by atoms with Crippen LogP contribution in [-0.2, 0) is 11.3 Å². The Balaban J connectivity index is 2.07. The molecule has 0 saturated carbocycles. The topological polar surface area (TPSA) is 125 Å². The van der Waals surface area contributed by atoms with Gasteiger partial charge in [-0.05, 0) is 47.5 Å². The van der Waals surface area contributed by atoms with Gasteiger partial charge in [-0.25, -0.2) is 4.79 Å². The van der Waals surface area contributed by atoms with Crippen LogP contribution in [0.2, 0.25) is 0 Å². The standard InChI is InChI=1S/C20H14N2O5S/c21-12-13-3-1-4-14(9-13)15-5-2-6-16(10-15)22(28(26)27)17-7-8-18(20(24)25)19(23)11-17/h1-11,23H,(H,24,25)(H,26,27)/p-1. The Morgan fingerprint density at radius 3 is 2.25 bits per heavy atom. The molecule has 0 heterocycles. The van der Waals surface area contributed by atoms with Gasteiger partial charge in [0.2, 0.25) is 0 Å². The fourth-order valence-corrected chi connectivity index (χ4v) is 3.30. The van der Waals surface area contributed by atoms with Crippen LogP contribution in [0, 0.1) is 11.3 Å². The zero-order valence-electron chi connectivity index (χ0n) is 14.3. The fourth-order valence-electron chi connectivity index (χ4n) is 2.73. The lowest BCUT2D eigenvalue weighted by Crippen LogP contribution is -2.19. The minimum absolute atomic E-state index is 0.0822. The van der Waals surface area contributed by atoms with E-state index in [2.05, 4.69) is 6.07 Å². The number of carboxylic acids is 1. The number of rotatable bonds is 5. The van der Waals surface area contributed by atoms with Crippen LogP contribution in [0.1, 0.15) is 15.9 Å². The van der Waals surface area contributed by atoms with Gasteiger partial charge in [-0.1, -0.05) is 24.3 Å². The predicted molar refractivity (Wildman–Crippen MR) is 103 cm³/mol. The minimum atomic E-state index is -2.73. The lowest BCUT2D eigenvalue weighted by Gasteiger charge is -2.27. The van der Waals surface area contributed by atoms with Crippen molar-refractivity contribution in [2.45, 2.75) is 0 Å². The highest BCUT2D eigenvalue weighted by atomic mass is 32.2. The van der Waals surface area contributed by atoms with Gasteiger partial charge in [0.1, 0.15) is 11.3 Å². The number of hydrogen-bond donors (Lipinski definition) is 2. The second kappa shape index (κ2) is 7.92. The third kappa shape index (κ3) is 3.86. The number of aromatic hydroxyl groups is 1. The third-order valence-electron chi connectivity index (χ3n) is 4.00. The van der Waals surface area contributed by atoms with Crippen LogP contribution in [0.25, 0.3) is 11.1 Å². The zero-order chi connectivity index (χ0) is 20.3. The molecule has 0 fully saturated rings. The van der Waals surface area contributed by atoms with Crippen molar-refractivity contribution in [1.82, 2.24) is 0 Å². The van der Waals surface area contributed by atoms with Gasteiger partial charge in [0.05, 0.1) is 34.3 Å². The van der Waals surface area contributed by atoms with Crippen molar-refractivity contribution in [3.05, 3.63) is 77.9 Å². The highest BCUT2D eigenvalue weighted by Crippen LogP contribution is 2.33. The number of nitrogens with zero attached hydrogens (tertiary/aromatic N) is 2. The summed E-state index contributed by atoms with van der Waals surface area (Å²) in [4.78, 5) is 11.0. The summed E-state index contributed by atoms with van der Waals surface area (Å²) in [5.74, 6) is -1.86. The van der Waals surface area contributed by atoms with Gasteiger partial charge in [0.25, 0.3) is 0 Å². The molecule has 140 valence electrons. The molecule has 28 heavy (non-hydrogen) atoms. The van der Waals surface area contributed by atoms with Gasteiger partial charge in [0, 0.05) is 6.07 Å². The van der Waals surface area contributed by atoms with E-state index < -0.39 is 23.0 Å². The largest absolute Gasteiger partial charge is 0.755 e. The molecule has 1 atom stereocenters. The Morgan fingerprint density at radius 1 is 1.00 bits per heavy atom. The molecule has 3 rings (SSSR count). The molecule has 0 aliphatic heterocycles.